The number of aliphatic carboxylic acids is 1. The van der Waals surface area contributed by atoms with E-state index in [-0.39, 0.29) is 6.42 Å². The molecule has 0 bridgehead atoms. The highest BCUT2D eigenvalue weighted by Gasteiger charge is 2.07. The van der Waals surface area contributed by atoms with Gasteiger partial charge in [0.1, 0.15) is 0 Å². The van der Waals surface area contributed by atoms with Crippen molar-refractivity contribution in [2.75, 3.05) is 0 Å². The molecule has 2 N–H and O–H groups in total. The molecule has 0 amide bonds. The first-order chi connectivity index (χ1) is 10.7. The first-order valence-corrected chi connectivity index (χ1v) is 7.58. The standard InChI is InChI=1S/C14H15N3.C3H6O2/c1-2-3-5-10-6-4-7-11-13(10)15-8-12-14(11)17-9-16-12;1-2-3(4)5/h4,6-9H,2-3,5H2,1H3,(H,16,17);2H2,1H3,(H,4,5). The number of aryl methyl sites for hydroxylation is 1. The molecule has 0 unspecified atom stereocenters. The van der Waals surface area contributed by atoms with Crippen molar-refractivity contribution in [2.24, 2.45) is 0 Å². The van der Waals surface area contributed by atoms with Crippen LogP contribution in [-0.4, -0.2) is 26.0 Å². The van der Waals surface area contributed by atoms with Gasteiger partial charge in [0.25, 0.3) is 0 Å². The van der Waals surface area contributed by atoms with E-state index in [1.54, 1.807) is 13.3 Å². The predicted octanol–water partition coefficient (Wildman–Crippen LogP) is 3.93. The summed E-state index contributed by atoms with van der Waals surface area (Å²) in [5.74, 6) is -0.745. The zero-order chi connectivity index (χ0) is 15.9. The van der Waals surface area contributed by atoms with Gasteiger partial charge in [0, 0.05) is 11.8 Å². The number of aromatic amines is 1. The van der Waals surface area contributed by atoms with E-state index in [2.05, 4.69) is 40.1 Å². The van der Waals surface area contributed by atoms with Crippen LogP contribution in [0.3, 0.4) is 0 Å². The van der Waals surface area contributed by atoms with Crippen LogP contribution in [0.4, 0.5) is 0 Å². The summed E-state index contributed by atoms with van der Waals surface area (Å²) in [6.07, 6.45) is 7.34. The summed E-state index contributed by atoms with van der Waals surface area (Å²) < 4.78 is 0. The third kappa shape index (κ3) is 3.61. The van der Waals surface area contributed by atoms with Crippen LogP contribution in [0, 0.1) is 0 Å². The molecule has 0 aliphatic rings. The molecule has 0 saturated heterocycles. The van der Waals surface area contributed by atoms with E-state index in [1.165, 1.54) is 18.4 Å². The maximum atomic E-state index is 9.37. The number of imidazole rings is 1. The lowest BCUT2D eigenvalue weighted by Gasteiger charge is -2.05. The minimum absolute atomic E-state index is 0.222. The molecule has 0 radical (unpaired) electrons. The van der Waals surface area contributed by atoms with Gasteiger partial charge >= 0.3 is 5.97 Å². The van der Waals surface area contributed by atoms with Crippen molar-refractivity contribution >= 4 is 27.9 Å². The van der Waals surface area contributed by atoms with Crippen molar-refractivity contribution in [1.82, 2.24) is 15.0 Å². The van der Waals surface area contributed by atoms with E-state index in [9.17, 15) is 4.79 Å². The minimum Gasteiger partial charge on any atom is -0.481 e. The Morgan fingerprint density at radius 1 is 1.23 bits per heavy atom. The van der Waals surface area contributed by atoms with Crippen molar-refractivity contribution < 1.29 is 9.90 Å². The molecule has 2 aromatic heterocycles. The number of carboxylic acid groups (broad SMARTS) is 1. The van der Waals surface area contributed by atoms with Crippen LogP contribution in [-0.2, 0) is 11.2 Å². The Morgan fingerprint density at radius 3 is 2.68 bits per heavy atom. The number of fused-ring (bicyclic) bond motifs is 3. The van der Waals surface area contributed by atoms with Gasteiger partial charge in [-0.2, -0.15) is 0 Å². The molecule has 22 heavy (non-hydrogen) atoms. The Morgan fingerprint density at radius 2 is 2.00 bits per heavy atom. The smallest absolute Gasteiger partial charge is 0.303 e. The van der Waals surface area contributed by atoms with Gasteiger partial charge < -0.3 is 10.1 Å². The number of H-pyrrole nitrogens is 1. The largest absolute Gasteiger partial charge is 0.481 e. The third-order valence-corrected chi connectivity index (χ3v) is 3.47. The van der Waals surface area contributed by atoms with Crippen LogP contribution in [0.15, 0.2) is 30.7 Å². The highest BCUT2D eigenvalue weighted by Crippen LogP contribution is 2.24. The second-order valence-electron chi connectivity index (χ2n) is 5.09. The third-order valence-electron chi connectivity index (χ3n) is 3.47. The summed E-state index contributed by atoms with van der Waals surface area (Å²) in [6, 6.07) is 6.37. The Hall–Kier alpha value is -2.43. The second-order valence-corrected chi connectivity index (χ2v) is 5.09. The lowest BCUT2D eigenvalue weighted by atomic mass is 10.0. The van der Waals surface area contributed by atoms with Crippen LogP contribution >= 0.6 is 0 Å². The second kappa shape index (κ2) is 7.54. The highest BCUT2D eigenvalue weighted by molar-refractivity contribution is 6.02. The maximum absolute atomic E-state index is 9.37. The number of unbranched alkanes of at least 4 members (excludes halogenated alkanes) is 1. The fourth-order valence-corrected chi connectivity index (χ4v) is 2.25. The van der Waals surface area contributed by atoms with Crippen molar-refractivity contribution in [3.05, 3.63) is 36.3 Å². The monoisotopic (exact) mass is 299 g/mol. The topological polar surface area (TPSA) is 78.9 Å². The van der Waals surface area contributed by atoms with E-state index in [0.717, 1.165) is 28.4 Å². The Balaban J connectivity index is 0.000000309. The van der Waals surface area contributed by atoms with Gasteiger partial charge in [-0.25, -0.2) is 4.98 Å². The molecule has 5 nitrogen and oxygen atoms in total. The van der Waals surface area contributed by atoms with Gasteiger partial charge in [0.2, 0.25) is 0 Å². The van der Waals surface area contributed by atoms with Crippen molar-refractivity contribution in [3.8, 4) is 0 Å². The summed E-state index contributed by atoms with van der Waals surface area (Å²) in [5.41, 5.74) is 4.45. The van der Waals surface area contributed by atoms with Crippen LogP contribution < -0.4 is 0 Å². The molecule has 0 spiro atoms. The summed E-state index contributed by atoms with van der Waals surface area (Å²) >= 11 is 0. The van der Waals surface area contributed by atoms with E-state index in [4.69, 9.17) is 5.11 Å². The average Bonchev–Trinajstić information content (AvgIpc) is 3.02. The number of rotatable bonds is 4. The minimum atomic E-state index is -0.745. The molecule has 5 heteroatoms. The number of hydrogen-bond donors (Lipinski definition) is 2. The molecule has 116 valence electrons. The lowest BCUT2D eigenvalue weighted by Crippen LogP contribution is -1.90. The van der Waals surface area contributed by atoms with Gasteiger partial charge in [0.05, 0.1) is 29.1 Å². The first kappa shape index (κ1) is 15.9. The van der Waals surface area contributed by atoms with Crippen LogP contribution in [0.2, 0.25) is 0 Å². The summed E-state index contributed by atoms with van der Waals surface area (Å²) in [7, 11) is 0. The van der Waals surface area contributed by atoms with Crippen LogP contribution in [0.25, 0.3) is 21.9 Å². The fraction of sp³-hybridized carbons (Fsp3) is 0.353. The normalized spacial score (nSPS) is 10.5. The summed E-state index contributed by atoms with van der Waals surface area (Å²) in [5, 5.41) is 8.87. The molecule has 0 aliphatic carbocycles. The number of pyridine rings is 1. The molecule has 0 aliphatic heterocycles. The average molecular weight is 299 g/mol. The molecular formula is C17H21N3O2. The van der Waals surface area contributed by atoms with E-state index >= 15 is 0 Å². The Bertz CT molecular complexity index is 765. The lowest BCUT2D eigenvalue weighted by molar-refractivity contribution is -0.136. The molecule has 1 aromatic carbocycles. The van der Waals surface area contributed by atoms with E-state index in [1.807, 2.05) is 6.20 Å². The van der Waals surface area contributed by atoms with E-state index < -0.39 is 5.97 Å². The van der Waals surface area contributed by atoms with Crippen molar-refractivity contribution in [3.63, 3.8) is 0 Å². The number of para-hydroxylation sites is 1. The molecule has 2 heterocycles. The number of hydrogen-bond acceptors (Lipinski definition) is 3. The summed E-state index contributed by atoms with van der Waals surface area (Å²) in [4.78, 5) is 21.4. The van der Waals surface area contributed by atoms with Crippen LogP contribution in [0.5, 0.6) is 0 Å². The highest BCUT2D eigenvalue weighted by atomic mass is 16.4. The Labute approximate surface area is 129 Å². The SMILES string of the molecule is CCC(=O)O.CCCCc1cccc2c1ncc1[nH]cnc12. The number of aromatic nitrogens is 3. The number of carboxylic acids is 1. The number of carbonyl (C=O) groups is 1. The molecule has 3 aromatic rings. The summed E-state index contributed by atoms with van der Waals surface area (Å²) in [6.45, 7) is 3.81. The molecule has 0 fully saturated rings. The van der Waals surface area contributed by atoms with Crippen LogP contribution in [0.1, 0.15) is 38.7 Å². The first-order valence-electron chi connectivity index (χ1n) is 7.58. The van der Waals surface area contributed by atoms with Gasteiger partial charge in [-0.15, -0.1) is 0 Å². The maximum Gasteiger partial charge on any atom is 0.303 e. The van der Waals surface area contributed by atoms with E-state index in [0.29, 0.717) is 0 Å². The quantitative estimate of drug-likeness (QED) is 0.765. The number of nitrogens with zero attached hydrogens (tertiary/aromatic N) is 2. The zero-order valence-electron chi connectivity index (χ0n) is 13.0. The number of nitrogens with one attached hydrogen (secondary N) is 1. The van der Waals surface area contributed by atoms with Gasteiger partial charge in [-0.05, 0) is 18.4 Å². The predicted molar refractivity (Wildman–Crippen MR) is 87.9 cm³/mol. The molecule has 0 saturated carbocycles. The van der Waals surface area contributed by atoms with Gasteiger partial charge in [-0.3, -0.25) is 9.78 Å². The fourth-order valence-electron chi connectivity index (χ4n) is 2.25. The Kier molecular flexibility index (Phi) is 5.47. The van der Waals surface area contributed by atoms with Gasteiger partial charge in [-0.1, -0.05) is 38.5 Å². The molecule has 3 rings (SSSR count). The van der Waals surface area contributed by atoms with Crippen molar-refractivity contribution in [2.45, 2.75) is 39.5 Å². The van der Waals surface area contributed by atoms with Crippen molar-refractivity contribution in [1.29, 1.82) is 0 Å². The molecule has 0 atom stereocenters. The number of benzene rings is 1. The van der Waals surface area contributed by atoms with Gasteiger partial charge in [0.15, 0.2) is 0 Å². The zero-order valence-corrected chi connectivity index (χ0v) is 13.0. The molecular weight excluding hydrogens is 278 g/mol.